The van der Waals surface area contributed by atoms with Gasteiger partial charge in [0.25, 0.3) is 0 Å². The van der Waals surface area contributed by atoms with Crippen molar-refractivity contribution >= 4 is 0 Å². The minimum absolute atomic E-state index is 0.742. The summed E-state index contributed by atoms with van der Waals surface area (Å²) >= 11 is 0. The summed E-state index contributed by atoms with van der Waals surface area (Å²) in [5.74, 6) is 0.742. The molecular weight excluding hydrogens is 132 g/mol. The van der Waals surface area contributed by atoms with Crippen molar-refractivity contribution < 1.29 is 0 Å². The van der Waals surface area contributed by atoms with E-state index in [1.807, 2.05) is 6.92 Å². The Labute approximate surface area is 71.0 Å². The monoisotopic (exact) mass is 152 g/mol. The standard InChI is InChI=1S/C11H20/c1-4-6-8-10-11(3)9-7-5-2/h4,6,8,10-11H,5,7,9H2,1-3H3. The lowest BCUT2D eigenvalue weighted by Gasteiger charge is -2.02. The Balaban J connectivity index is 3.42. The molecule has 1 atom stereocenters. The molecule has 0 heteroatoms. The molecule has 0 nitrogen and oxygen atoms in total. The summed E-state index contributed by atoms with van der Waals surface area (Å²) in [6, 6.07) is 0. The highest BCUT2D eigenvalue weighted by molar-refractivity contribution is 5.02. The molecule has 0 bridgehead atoms. The molecule has 0 saturated heterocycles. The topological polar surface area (TPSA) is 0 Å². The Kier molecular flexibility index (Phi) is 7.23. The second kappa shape index (κ2) is 7.59. The van der Waals surface area contributed by atoms with E-state index >= 15 is 0 Å². The summed E-state index contributed by atoms with van der Waals surface area (Å²) in [5.41, 5.74) is 0. The highest BCUT2D eigenvalue weighted by Gasteiger charge is 1.93. The van der Waals surface area contributed by atoms with Gasteiger partial charge in [-0.25, -0.2) is 0 Å². The molecule has 0 aliphatic rings. The van der Waals surface area contributed by atoms with Gasteiger partial charge in [0, 0.05) is 0 Å². The van der Waals surface area contributed by atoms with Crippen LogP contribution in [0, 0.1) is 5.92 Å². The fraction of sp³-hybridized carbons (Fsp3) is 0.636. The van der Waals surface area contributed by atoms with Crippen molar-refractivity contribution in [2.24, 2.45) is 5.92 Å². The van der Waals surface area contributed by atoms with Gasteiger partial charge in [0.2, 0.25) is 0 Å². The lowest BCUT2D eigenvalue weighted by Crippen LogP contribution is -1.87. The van der Waals surface area contributed by atoms with Crippen molar-refractivity contribution in [2.75, 3.05) is 0 Å². The fourth-order valence-corrected chi connectivity index (χ4v) is 0.987. The molecule has 0 aliphatic carbocycles. The number of hydrogen-bond donors (Lipinski definition) is 0. The zero-order valence-corrected chi connectivity index (χ0v) is 8.01. The van der Waals surface area contributed by atoms with Gasteiger partial charge in [-0.3, -0.25) is 0 Å². The van der Waals surface area contributed by atoms with E-state index < -0.39 is 0 Å². The maximum Gasteiger partial charge on any atom is -0.0259 e. The molecule has 0 saturated carbocycles. The molecule has 0 aromatic rings. The van der Waals surface area contributed by atoms with Gasteiger partial charge >= 0.3 is 0 Å². The first-order valence-corrected chi connectivity index (χ1v) is 4.60. The van der Waals surface area contributed by atoms with Crippen LogP contribution in [0.15, 0.2) is 24.3 Å². The van der Waals surface area contributed by atoms with E-state index in [9.17, 15) is 0 Å². The molecule has 0 N–H and O–H groups in total. The molecule has 0 rings (SSSR count). The van der Waals surface area contributed by atoms with E-state index in [4.69, 9.17) is 0 Å². The third-order valence-corrected chi connectivity index (χ3v) is 1.76. The minimum atomic E-state index is 0.742. The first-order chi connectivity index (χ1) is 5.31. The quantitative estimate of drug-likeness (QED) is 0.523. The molecular formula is C11H20. The van der Waals surface area contributed by atoms with Gasteiger partial charge in [-0.15, -0.1) is 0 Å². The van der Waals surface area contributed by atoms with E-state index in [0.717, 1.165) is 5.92 Å². The number of allylic oxidation sites excluding steroid dienone is 4. The van der Waals surface area contributed by atoms with Gasteiger partial charge in [0.1, 0.15) is 0 Å². The third-order valence-electron chi connectivity index (χ3n) is 1.76. The van der Waals surface area contributed by atoms with Crippen LogP contribution in [0.4, 0.5) is 0 Å². The first-order valence-electron chi connectivity index (χ1n) is 4.60. The molecule has 0 aromatic carbocycles. The van der Waals surface area contributed by atoms with Crippen LogP contribution in [0.3, 0.4) is 0 Å². The van der Waals surface area contributed by atoms with E-state index in [2.05, 4.69) is 38.2 Å². The van der Waals surface area contributed by atoms with Gasteiger partial charge < -0.3 is 0 Å². The maximum absolute atomic E-state index is 2.27. The highest BCUT2D eigenvalue weighted by atomic mass is 14.0. The van der Waals surface area contributed by atoms with Crippen LogP contribution in [-0.2, 0) is 0 Å². The summed E-state index contributed by atoms with van der Waals surface area (Å²) in [4.78, 5) is 0. The average molecular weight is 152 g/mol. The Morgan fingerprint density at radius 1 is 1.27 bits per heavy atom. The van der Waals surface area contributed by atoms with Crippen molar-refractivity contribution in [1.82, 2.24) is 0 Å². The minimum Gasteiger partial charge on any atom is -0.0877 e. The van der Waals surface area contributed by atoms with E-state index in [0.29, 0.717) is 0 Å². The van der Waals surface area contributed by atoms with Crippen LogP contribution in [0.1, 0.15) is 40.0 Å². The third kappa shape index (κ3) is 7.38. The zero-order chi connectivity index (χ0) is 8.53. The van der Waals surface area contributed by atoms with Crippen molar-refractivity contribution in [3.8, 4) is 0 Å². The normalized spacial score (nSPS) is 14.8. The smallest absolute Gasteiger partial charge is 0.0259 e. The van der Waals surface area contributed by atoms with Gasteiger partial charge in [0.05, 0.1) is 0 Å². The number of unbranched alkanes of at least 4 members (excludes halogenated alkanes) is 1. The summed E-state index contributed by atoms with van der Waals surface area (Å²) in [5, 5.41) is 0. The number of hydrogen-bond acceptors (Lipinski definition) is 0. The maximum atomic E-state index is 2.27. The Hall–Kier alpha value is -0.520. The summed E-state index contributed by atoms with van der Waals surface area (Å²) in [6.07, 6.45) is 12.5. The van der Waals surface area contributed by atoms with Crippen molar-refractivity contribution in [3.05, 3.63) is 24.3 Å². The predicted molar refractivity (Wildman–Crippen MR) is 52.6 cm³/mol. The van der Waals surface area contributed by atoms with E-state index in [-0.39, 0.29) is 0 Å². The summed E-state index contributed by atoms with van der Waals surface area (Å²) in [7, 11) is 0. The zero-order valence-electron chi connectivity index (χ0n) is 8.01. The van der Waals surface area contributed by atoms with Gasteiger partial charge in [-0.1, -0.05) is 51.0 Å². The molecule has 0 aromatic heterocycles. The number of rotatable bonds is 5. The second-order valence-corrected chi connectivity index (χ2v) is 3.03. The highest BCUT2D eigenvalue weighted by Crippen LogP contribution is 2.08. The van der Waals surface area contributed by atoms with Crippen LogP contribution in [0.5, 0.6) is 0 Å². The largest absolute Gasteiger partial charge is 0.0877 e. The van der Waals surface area contributed by atoms with Crippen LogP contribution in [0.25, 0.3) is 0 Å². The van der Waals surface area contributed by atoms with Crippen molar-refractivity contribution in [1.29, 1.82) is 0 Å². The Morgan fingerprint density at radius 3 is 2.55 bits per heavy atom. The summed E-state index contributed by atoms with van der Waals surface area (Å²) < 4.78 is 0. The molecule has 0 heterocycles. The van der Waals surface area contributed by atoms with E-state index in [1.165, 1.54) is 19.3 Å². The fourth-order valence-electron chi connectivity index (χ4n) is 0.987. The average Bonchev–Trinajstić information content (AvgIpc) is 2.01. The molecule has 0 fully saturated rings. The van der Waals surface area contributed by atoms with Crippen LogP contribution < -0.4 is 0 Å². The molecule has 0 spiro atoms. The molecule has 0 amide bonds. The molecule has 0 radical (unpaired) electrons. The van der Waals surface area contributed by atoms with Gasteiger partial charge in [-0.2, -0.15) is 0 Å². The molecule has 0 aliphatic heterocycles. The lowest BCUT2D eigenvalue weighted by molar-refractivity contribution is 0.598. The predicted octanol–water partition coefficient (Wildman–Crippen LogP) is 3.95. The Morgan fingerprint density at radius 2 is 2.00 bits per heavy atom. The molecule has 1 unspecified atom stereocenters. The molecule has 64 valence electrons. The first kappa shape index (κ1) is 10.5. The van der Waals surface area contributed by atoms with Crippen LogP contribution in [-0.4, -0.2) is 0 Å². The SMILES string of the molecule is CC=CC=CC(C)CCCC. The van der Waals surface area contributed by atoms with Crippen LogP contribution in [0.2, 0.25) is 0 Å². The Bertz CT molecular complexity index is 120. The van der Waals surface area contributed by atoms with Crippen molar-refractivity contribution in [3.63, 3.8) is 0 Å². The van der Waals surface area contributed by atoms with Gasteiger partial charge in [-0.05, 0) is 19.3 Å². The van der Waals surface area contributed by atoms with Crippen molar-refractivity contribution in [2.45, 2.75) is 40.0 Å². The van der Waals surface area contributed by atoms with Gasteiger partial charge in [0.15, 0.2) is 0 Å². The lowest BCUT2D eigenvalue weighted by atomic mass is 10.0. The summed E-state index contributed by atoms with van der Waals surface area (Å²) in [6.45, 7) is 6.55. The second-order valence-electron chi connectivity index (χ2n) is 3.03. The van der Waals surface area contributed by atoms with E-state index in [1.54, 1.807) is 0 Å². The molecule has 11 heavy (non-hydrogen) atoms. The van der Waals surface area contributed by atoms with Crippen LogP contribution >= 0.6 is 0 Å².